The zero-order valence-electron chi connectivity index (χ0n) is 13.6. The minimum absolute atomic E-state index is 0.0120. The number of rotatable bonds is 8. The smallest absolute Gasteiger partial charge is 0.310 e. The number of hydrogen-bond donors (Lipinski definition) is 2. The summed E-state index contributed by atoms with van der Waals surface area (Å²) in [7, 11) is 0. The van der Waals surface area contributed by atoms with Crippen LogP contribution in [0.2, 0.25) is 0 Å². The van der Waals surface area contributed by atoms with Gasteiger partial charge in [-0.15, -0.1) is 11.3 Å². The van der Waals surface area contributed by atoms with Crippen molar-refractivity contribution in [2.24, 2.45) is 5.73 Å². The van der Waals surface area contributed by atoms with Crippen molar-refractivity contribution >= 4 is 34.1 Å². The largest absolute Gasteiger partial charge is 0.493 e. The molecule has 0 aliphatic heterocycles. The first kappa shape index (κ1) is 18.5. The lowest BCUT2D eigenvalue weighted by molar-refractivity contribution is -0.153. The average molecular weight is 362 g/mol. The molecule has 1 aromatic carbocycles. The quantitative estimate of drug-likeness (QED) is 0.700. The Bertz CT molecular complexity index is 745. The number of carbonyl (C=O) groups is 3. The molecule has 8 heteroatoms. The van der Waals surface area contributed by atoms with Gasteiger partial charge in [0.2, 0.25) is 0 Å². The molecule has 1 atom stereocenters. The minimum atomic E-state index is -1.01. The molecule has 25 heavy (non-hydrogen) atoms. The van der Waals surface area contributed by atoms with Gasteiger partial charge in [0.1, 0.15) is 10.8 Å². The zero-order chi connectivity index (χ0) is 18.2. The summed E-state index contributed by atoms with van der Waals surface area (Å²) in [5.74, 6) is -1.08. The van der Waals surface area contributed by atoms with Crippen LogP contribution in [0.5, 0.6) is 5.75 Å². The van der Waals surface area contributed by atoms with Crippen LogP contribution in [0.15, 0.2) is 41.8 Å². The molecule has 3 N–H and O–H groups in total. The number of ether oxygens (including phenoxy) is 2. The Labute approximate surface area is 148 Å². The van der Waals surface area contributed by atoms with E-state index in [0.29, 0.717) is 10.8 Å². The normalized spacial score (nSPS) is 11.4. The molecule has 0 saturated carbocycles. The van der Waals surface area contributed by atoms with E-state index in [9.17, 15) is 14.4 Å². The second-order valence-corrected chi connectivity index (χ2v) is 5.98. The van der Waals surface area contributed by atoms with E-state index in [2.05, 4.69) is 5.32 Å². The molecule has 0 radical (unpaired) electrons. The maximum absolute atomic E-state index is 12.1. The van der Waals surface area contributed by atoms with Crippen molar-refractivity contribution < 1.29 is 23.9 Å². The minimum Gasteiger partial charge on any atom is -0.493 e. The van der Waals surface area contributed by atoms with Crippen molar-refractivity contribution in [2.45, 2.75) is 19.4 Å². The zero-order valence-corrected chi connectivity index (χ0v) is 14.4. The summed E-state index contributed by atoms with van der Waals surface area (Å²) in [6.45, 7) is 1.59. The summed E-state index contributed by atoms with van der Waals surface area (Å²) >= 11 is 1.16. The van der Waals surface area contributed by atoms with Crippen LogP contribution in [0.1, 0.15) is 23.7 Å². The lowest BCUT2D eigenvalue weighted by atomic mass is 10.3. The van der Waals surface area contributed by atoms with Crippen molar-refractivity contribution in [1.29, 1.82) is 0 Å². The SMILES string of the molecule is C[C@H](OC(=O)CCOc1ccccc1)C(=O)Nc1sccc1C(N)=O. The van der Waals surface area contributed by atoms with Crippen LogP contribution >= 0.6 is 11.3 Å². The standard InChI is InChI=1S/C17H18N2O5S/c1-11(16(22)19-17-13(15(18)21)8-10-25-17)24-14(20)7-9-23-12-5-3-2-4-6-12/h2-6,8,10-11H,7,9H2,1H3,(H2,18,21)(H,19,22)/t11-/m0/s1. The number of benzene rings is 1. The molecule has 2 rings (SSSR count). The van der Waals surface area contributed by atoms with Crippen molar-refractivity contribution in [3.05, 3.63) is 47.3 Å². The molecular formula is C17H18N2O5S. The summed E-state index contributed by atoms with van der Waals surface area (Å²) < 4.78 is 10.5. The molecule has 132 valence electrons. The van der Waals surface area contributed by atoms with Gasteiger partial charge in [-0.05, 0) is 30.5 Å². The van der Waals surface area contributed by atoms with Gasteiger partial charge in [-0.3, -0.25) is 14.4 Å². The predicted molar refractivity (Wildman–Crippen MR) is 93.6 cm³/mol. The molecule has 0 aliphatic rings. The molecular weight excluding hydrogens is 344 g/mol. The molecule has 7 nitrogen and oxygen atoms in total. The molecule has 0 unspecified atom stereocenters. The summed E-state index contributed by atoms with van der Waals surface area (Å²) in [4.78, 5) is 35.0. The highest BCUT2D eigenvalue weighted by Gasteiger charge is 2.20. The highest BCUT2D eigenvalue weighted by atomic mass is 32.1. The second kappa shape index (κ2) is 8.84. The average Bonchev–Trinajstić information content (AvgIpc) is 3.04. The molecule has 0 spiro atoms. The van der Waals surface area contributed by atoms with E-state index >= 15 is 0 Å². The fraction of sp³-hybridized carbons (Fsp3) is 0.235. The lowest BCUT2D eigenvalue weighted by Crippen LogP contribution is -2.30. The number of carbonyl (C=O) groups excluding carboxylic acids is 3. The lowest BCUT2D eigenvalue weighted by Gasteiger charge is -2.13. The first-order valence-electron chi connectivity index (χ1n) is 7.53. The Hall–Kier alpha value is -2.87. The second-order valence-electron chi connectivity index (χ2n) is 5.06. The fourth-order valence-electron chi connectivity index (χ4n) is 1.89. The van der Waals surface area contributed by atoms with Gasteiger partial charge in [-0.2, -0.15) is 0 Å². The number of anilines is 1. The van der Waals surface area contributed by atoms with Crippen molar-refractivity contribution in [2.75, 3.05) is 11.9 Å². The van der Waals surface area contributed by atoms with Crippen LogP contribution in [-0.4, -0.2) is 30.5 Å². The van der Waals surface area contributed by atoms with Gasteiger partial charge in [-0.25, -0.2) is 0 Å². The highest BCUT2D eigenvalue weighted by molar-refractivity contribution is 7.14. The van der Waals surface area contributed by atoms with Crippen LogP contribution in [-0.2, 0) is 14.3 Å². The van der Waals surface area contributed by atoms with E-state index in [1.54, 1.807) is 17.5 Å². The molecule has 0 bridgehead atoms. The van der Waals surface area contributed by atoms with Gasteiger partial charge < -0.3 is 20.5 Å². The number of nitrogens with one attached hydrogen (secondary N) is 1. The van der Waals surface area contributed by atoms with Crippen LogP contribution in [0.4, 0.5) is 5.00 Å². The molecule has 0 saturated heterocycles. The molecule has 0 fully saturated rings. The van der Waals surface area contributed by atoms with E-state index in [0.717, 1.165) is 11.3 Å². The number of amides is 2. The van der Waals surface area contributed by atoms with E-state index in [4.69, 9.17) is 15.2 Å². The molecule has 1 heterocycles. The first-order chi connectivity index (χ1) is 12.0. The highest BCUT2D eigenvalue weighted by Crippen LogP contribution is 2.23. The summed E-state index contributed by atoms with van der Waals surface area (Å²) in [5.41, 5.74) is 5.43. The topological polar surface area (TPSA) is 108 Å². The van der Waals surface area contributed by atoms with Crippen molar-refractivity contribution in [3.8, 4) is 5.75 Å². The number of nitrogens with two attached hydrogens (primary N) is 1. The summed E-state index contributed by atoms with van der Waals surface area (Å²) in [6, 6.07) is 10.6. The maximum Gasteiger partial charge on any atom is 0.310 e. The number of thiophene rings is 1. The Kier molecular flexibility index (Phi) is 6.53. The third-order valence-electron chi connectivity index (χ3n) is 3.16. The van der Waals surface area contributed by atoms with Crippen LogP contribution in [0, 0.1) is 0 Å². The van der Waals surface area contributed by atoms with Crippen LogP contribution < -0.4 is 15.8 Å². The van der Waals surface area contributed by atoms with Gasteiger partial charge in [-0.1, -0.05) is 18.2 Å². The van der Waals surface area contributed by atoms with Crippen LogP contribution in [0.3, 0.4) is 0 Å². The first-order valence-corrected chi connectivity index (χ1v) is 8.41. The van der Waals surface area contributed by atoms with E-state index in [1.165, 1.54) is 13.0 Å². The van der Waals surface area contributed by atoms with Gasteiger partial charge in [0.25, 0.3) is 11.8 Å². The summed E-state index contributed by atoms with van der Waals surface area (Å²) in [5, 5.41) is 4.49. The summed E-state index contributed by atoms with van der Waals surface area (Å²) in [6.07, 6.45) is -0.995. The number of esters is 1. The van der Waals surface area contributed by atoms with Gasteiger partial charge in [0, 0.05) is 0 Å². The fourth-order valence-corrected chi connectivity index (χ4v) is 2.69. The van der Waals surface area contributed by atoms with E-state index < -0.39 is 23.9 Å². The molecule has 1 aromatic heterocycles. The number of para-hydroxylation sites is 1. The van der Waals surface area contributed by atoms with Crippen molar-refractivity contribution in [1.82, 2.24) is 0 Å². The van der Waals surface area contributed by atoms with Gasteiger partial charge in [0.05, 0.1) is 18.6 Å². The molecule has 2 amide bonds. The van der Waals surface area contributed by atoms with Crippen LogP contribution in [0.25, 0.3) is 0 Å². The maximum atomic E-state index is 12.1. The number of hydrogen-bond acceptors (Lipinski definition) is 6. The molecule has 2 aromatic rings. The Balaban J connectivity index is 1.77. The third kappa shape index (κ3) is 5.61. The monoisotopic (exact) mass is 362 g/mol. The van der Waals surface area contributed by atoms with E-state index in [-0.39, 0.29) is 18.6 Å². The predicted octanol–water partition coefficient (Wildman–Crippen LogP) is 2.19. The Morgan fingerprint density at radius 2 is 1.92 bits per heavy atom. The van der Waals surface area contributed by atoms with Crippen molar-refractivity contribution in [3.63, 3.8) is 0 Å². The Morgan fingerprint density at radius 3 is 2.60 bits per heavy atom. The third-order valence-corrected chi connectivity index (χ3v) is 3.99. The van der Waals surface area contributed by atoms with E-state index in [1.807, 2.05) is 18.2 Å². The molecule has 0 aliphatic carbocycles. The Morgan fingerprint density at radius 1 is 1.20 bits per heavy atom. The number of primary amides is 1. The van der Waals surface area contributed by atoms with Gasteiger partial charge >= 0.3 is 5.97 Å². The van der Waals surface area contributed by atoms with Gasteiger partial charge in [0.15, 0.2) is 6.10 Å².